The Morgan fingerprint density at radius 3 is 2.71 bits per heavy atom. The van der Waals surface area contributed by atoms with E-state index in [9.17, 15) is 4.79 Å². The molecule has 176 valence electrons. The number of hydrogen-bond acceptors (Lipinski definition) is 8. The summed E-state index contributed by atoms with van der Waals surface area (Å²) in [5, 5.41) is 9.56. The highest BCUT2D eigenvalue weighted by molar-refractivity contribution is 6.31. The number of carbonyl (C=O) groups excluding carboxylic acids is 1. The van der Waals surface area contributed by atoms with Gasteiger partial charge in [0, 0.05) is 25.2 Å². The molecule has 0 unspecified atom stereocenters. The van der Waals surface area contributed by atoms with Crippen LogP contribution in [0, 0.1) is 5.82 Å². The summed E-state index contributed by atoms with van der Waals surface area (Å²) < 4.78 is 22.1. The van der Waals surface area contributed by atoms with Gasteiger partial charge in [-0.2, -0.15) is 10.1 Å². The molecule has 1 aromatic carbocycles. The Labute approximate surface area is 199 Å². The molecule has 0 atom stereocenters. The zero-order valence-corrected chi connectivity index (χ0v) is 19.7. The van der Waals surface area contributed by atoms with Gasteiger partial charge in [0.1, 0.15) is 12.6 Å². The number of aryl methyl sites for hydroxylation is 1. The van der Waals surface area contributed by atoms with Crippen molar-refractivity contribution in [1.29, 1.82) is 0 Å². The highest BCUT2D eigenvalue weighted by atomic mass is 35.5. The quantitative estimate of drug-likeness (QED) is 0.420. The first kappa shape index (κ1) is 23.3. The monoisotopic (exact) mass is 484 g/mol. The van der Waals surface area contributed by atoms with Crippen LogP contribution in [0.4, 0.5) is 16.0 Å². The second-order valence-electron chi connectivity index (χ2n) is 8.53. The summed E-state index contributed by atoms with van der Waals surface area (Å²) in [5.41, 5.74) is 0.966. The predicted molar refractivity (Wildman–Crippen MR) is 123 cm³/mol. The van der Waals surface area contributed by atoms with E-state index in [2.05, 4.69) is 35.7 Å². The number of nitrogens with one attached hydrogen (secondary N) is 2. The number of carbonyl (C=O) groups is 1. The zero-order valence-electron chi connectivity index (χ0n) is 18.9. The molecule has 1 amide bonds. The number of amides is 1. The molecule has 0 saturated heterocycles. The van der Waals surface area contributed by atoms with E-state index in [1.165, 1.54) is 18.7 Å². The van der Waals surface area contributed by atoms with Crippen LogP contribution in [0.3, 0.4) is 0 Å². The van der Waals surface area contributed by atoms with Crippen molar-refractivity contribution in [3.05, 3.63) is 65.1 Å². The molecule has 34 heavy (non-hydrogen) atoms. The molecule has 4 rings (SSSR count). The van der Waals surface area contributed by atoms with Gasteiger partial charge in [0.15, 0.2) is 23.2 Å². The zero-order chi connectivity index (χ0) is 24.5. The number of rotatable bonds is 6. The van der Waals surface area contributed by atoms with E-state index in [0.717, 1.165) is 0 Å². The molecule has 12 heteroatoms. The summed E-state index contributed by atoms with van der Waals surface area (Å²) in [6.07, 6.45) is 5.91. The Hall–Kier alpha value is -3.86. The molecule has 10 nitrogen and oxygen atoms in total. The molecule has 0 fully saturated rings. The van der Waals surface area contributed by atoms with E-state index in [1.54, 1.807) is 30.2 Å². The summed E-state index contributed by atoms with van der Waals surface area (Å²) >= 11 is 6.26. The molecule has 0 spiro atoms. The van der Waals surface area contributed by atoms with Crippen LogP contribution < -0.4 is 10.6 Å². The van der Waals surface area contributed by atoms with Crippen molar-refractivity contribution in [2.24, 2.45) is 7.05 Å². The van der Waals surface area contributed by atoms with Crippen molar-refractivity contribution < 1.29 is 13.6 Å². The fourth-order valence-corrected chi connectivity index (χ4v) is 3.22. The number of halogens is 2. The van der Waals surface area contributed by atoms with Gasteiger partial charge < -0.3 is 15.1 Å². The van der Waals surface area contributed by atoms with Crippen LogP contribution in [0.25, 0.3) is 11.4 Å². The minimum atomic E-state index is -0.705. The van der Waals surface area contributed by atoms with Crippen LogP contribution in [0.2, 0.25) is 5.02 Å². The van der Waals surface area contributed by atoms with E-state index in [1.807, 2.05) is 20.8 Å². The lowest BCUT2D eigenvalue weighted by Gasteiger charge is -2.12. The molecule has 0 radical (unpaired) electrons. The van der Waals surface area contributed by atoms with Crippen LogP contribution in [0.5, 0.6) is 0 Å². The van der Waals surface area contributed by atoms with Crippen molar-refractivity contribution >= 4 is 29.1 Å². The molecule has 0 aliphatic rings. The predicted octanol–water partition coefficient (Wildman–Crippen LogP) is 4.02. The van der Waals surface area contributed by atoms with Crippen LogP contribution in [-0.4, -0.2) is 35.6 Å². The molecular weight excluding hydrogens is 463 g/mol. The number of benzene rings is 1. The van der Waals surface area contributed by atoms with Crippen LogP contribution in [0.15, 0.2) is 41.5 Å². The van der Waals surface area contributed by atoms with Crippen LogP contribution >= 0.6 is 11.6 Å². The lowest BCUT2D eigenvalue weighted by Crippen LogP contribution is -2.24. The third-order valence-corrected chi connectivity index (χ3v) is 5.16. The third kappa shape index (κ3) is 5.04. The largest absolute Gasteiger partial charge is 0.448 e. The van der Waals surface area contributed by atoms with Crippen molar-refractivity contribution in [2.45, 2.75) is 32.7 Å². The molecular formula is C22H22ClFN8O2. The van der Waals surface area contributed by atoms with Gasteiger partial charge in [0.2, 0.25) is 5.95 Å². The molecule has 0 aliphatic heterocycles. The smallest absolute Gasteiger partial charge is 0.273 e. The standard InChI is InChI=1S/C22H22ClFN8O2/c1-22(2,3)20-30-15(10-34-20)19(33)25-7-12-5-6-14(17(24)16(12)23)18-26-11-27-21(31-18)29-13-8-28-32(4)9-13/h5-6,8-11H,7H2,1-4H3,(H,25,33)(H,26,27,29,31). The first-order valence-electron chi connectivity index (χ1n) is 10.3. The van der Waals surface area contributed by atoms with E-state index < -0.39 is 11.7 Å². The molecule has 4 aromatic rings. The molecule has 3 heterocycles. The van der Waals surface area contributed by atoms with Crippen LogP contribution in [0.1, 0.15) is 42.7 Å². The van der Waals surface area contributed by atoms with Gasteiger partial charge in [0.05, 0.1) is 22.5 Å². The fraction of sp³-hybridized carbons (Fsp3) is 0.273. The normalized spacial score (nSPS) is 11.5. The van der Waals surface area contributed by atoms with E-state index >= 15 is 4.39 Å². The summed E-state index contributed by atoms with van der Waals surface area (Å²) in [4.78, 5) is 29.0. The second-order valence-corrected chi connectivity index (χ2v) is 8.91. The lowest BCUT2D eigenvalue weighted by molar-refractivity contribution is 0.0946. The molecule has 2 N–H and O–H groups in total. The Morgan fingerprint density at radius 1 is 1.24 bits per heavy atom. The summed E-state index contributed by atoms with van der Waals surface area (Å²) in [6, 6.07) is 3.10. The fourth-order valence-electron chi connectivity index (χ4n) is 2.99. The van der Waals surface area contributed by atoms with Crippen molar-refractivity contribution in [1.82, 2.24) is 35.0 Å². The second kappa shape index (κ2) is 9.18. The number of aromatic nitrogens is 6. The SMILES string of the molecule is Cn1cc(Nc2ncnc(-c3ccc(CNC(=O)c4coc(C(C)(C)C)n4)c(Cl)c3F)n2)cn1. The Kier molecular flexibility index (Phi) is 6.29. The van der Waals surface area contributed by atoms with E-state index in [-0.39, 0.29) is 40.0 Å². The average molecular weight is 485 g/mol. The minimum Gasteiger partial charge on any atom is -0.448 e. The molecule has 0 aliphatic carbocycles. The van der Waals surface area contributed by atoms with Gasteiger partial charge in [-0.3, -0.25) is 9.48 Å². The topological polar surface area (TPSA) is 124 Å². The Balaban J connectivity index is 1.48. The molecule has 0 saturated carbocycles. The Bertz CT molecular complexity index is 1340. The highest BCUT2D eigenvalue weighted by Gasteiger charge is 2.23. The molecule has 3 aromatic heterocycles. The van der Waals surface area contributed by atoms with Crippen molar-refractivity contribution in [2.75, 3.05) is 5.32 Å². The summed E-state index contributed by atoms with van der Waals surface area (Å²) in [6.45, 7) is 5.77. The van der Waals surface area contributed by atoms with Crippen LogP contribution in [-0.2, 0) is 19.0 Å². The van der Waals surface area contributed by atoms with Crippen molar-refractivity contribution in [3.63, 3.8) is 0 Å². The maximum absolute atomic E-state index is 15.1. The van der Waals surface area contributed by atoms with Gasteiger partial charge in [-0.05, 0) is 11.6 Å². The van der Waals surface area contributed by atoms with Gasteiger partial charge in [-0.25, -0.2) is 19.3 Å². The third-order valence-electron chi connectivity index (χ3n) is 4.75. The first-order valence-corrected chi connectivity index (χ1v) is 10.7. The molecule has 0 bridgehead atoms. The number of hydrogen-bond donors (Lipinski definition) is 2. The number of anilines is 2. The van der Waals surface area contributed by atoms with Gasteiger partial charge in [0.25, 0.3) is 5.91 Å². The van der Waals surface area contributed by atoms with E-state index in [0.29, 0.717) is 17.1 Å². The van der Waals surface area contributed by atoms with Gasteiger partial charge in [-0.1, -0.05) is 38.4 Å². The van der Waals surface area contributed by atoms with Crippen molar-refractivity contribution in [3.8, 4) is 11.4 Å². The first-order chi connectivity index (χ1) is 16.1. The summed E-state index contributed by atoms with van der Waals surface area (Å²) in [7, 11) is 1.78. The number of oxazole rings is 1. The Morgan fingerprint density at radius 2 is 2.03 bits per heavy atom. The minimum absolute atomic E-state index is 0.00239. The van der Waals surface area contributed by atoms with Gasteiger partial charge in [-0.15, -0.1) is 0 Å². The maximum atomic E-state index is 15.1. The van der Waals surface area contributed by atoms with E-state index in [4.69, 9.17) is 16.0 Å². The lowest BCUT2D eigenvalue weighted by atomic mass is 9.97. The van der Waals surface area contributed by atoms with Gasteiger partial charge >= 0.3 is 0 Å². The average Bonchev–Trinajstić information content (AvgIpc) is 3.44. The summed E-state index contributed by atoms with van der Waals surface area (Å²) in [5.74, 6) is -0.381. The number of nitrogens with zero attached hydrogens (tertiary/aromatic N) is 6. The maximum Gasteiger partial charge on any atom is 0.273 e. The highest BCUT2D eigenvalue weighted by Crippen LogP contribution is 2.29.